The summed E-state index contributed by atoms with van der Waals surface area (Å²) < 4.78 is 0. The molecule has 1 unspecified atom stereocenters. The zero-order valence-electron chi connectivity index (χ0n) is 14.1. The Bertz CT molecular complexity index is 797. The van der Waals surface area contributed by atoms with E-state index in [2.05, 4.69) is 11.9 Å². The third-order valence-corrected chi connectivity index (χ3v) is 4.81. The number of thiophene rings is 1. The normalized spacial score (nSPS) is 11.6. The van der Waals surface area contributed by atoms with Crippen molar-refractivity contribution in [1.82, 2.24) is 5.32 Å². The van der Waals surface area contributed by atoms with Crippen LogP contribution in [0.5, 0.6) is 0 Å². The van der Waals surface area contributed by atoms with Gasteiger partial charge in [0.1, 0.15) is 6.54 Å². The number of benzene rings is 1. The first-order chi connectivity index (χ1) is 12.8. The average molecular weight is 427 g/mol. The van der Waals surface area contributed by atoms with Crippen LogP contribution in [-0.2, 0) is 16.0 Å². The predicted molar refractivity (Wildman–Crippen MR) is 109 cm³/mol. The van der Waals surface area contributed by atoms with Crippen LogP contribution in [0.25, 0.3) is 0 Å². The number of hydrogen-bond acceptors (Lipinski definition) is 5. The monoisotopic (exact) mass is 426 g/mol. The van der Waals surface area contributed by atoms with E-state index in [1.807, 2.05) is 16.8 Å². The Balaban J connectivity index is 2.14. The Morgan fingerprint density at radius 1 is 1.30 bits per heavy atom. The van der Waals surface area contributed by atoms with Gasteiger partial charge < -0.3 is 15.4 Å². The lowest BCUT2D eigenvalue weighted by molar-refractivity contribution is -0.122. The van der Waals surface area contributed by atoms with Crippen molar-refractivity contribution >= 4 is 59.2 Å². The Morgan fingerprint density at radius 3 is 2.48 bits per heavy atom. The third-order valence-electron chi connectivity index (χ3n) is 3.64. The van der Waals surface area contributed by atoms with Gasteiger partial charge in [-0.1, -0.05) is 29.8 Å². The lowest BCUT2D eigenvalue weighted by atomic mass is 9.76. The lowest BCUT2D eigenvalue weighted by Gasteiger charge is -2.23. The highest BCUT2D eigenvalue weighted by atomic mass is 35.5. The average Bonchev–Trinajstić information content (AvgIpc) is 3.10. The van der Waals surface area contributed by atoms with Crippen LogP contribution in [0, 0.1) is 0 Å². The van der Waals surface area contributed by atoms with Crippen molar-refractivity contribution in [2.24, 2.45) is 0 Å². The number of halogens is 2. The second-order valence-corrected chi connectivity index (χ2v) is 7.33. The molecule has 2 aromatic rings. The highest BCUT2D eigenvalue weighted by Crippen LogP contribution is 2.25. The molecule has 0 saturated heterocycles. The molecule has 142 valence electrons. The Labute approximate surface area is 171 Å². The molecular formula is C17H17BCl2N2O4S. The summed E-state index contributed by atoms with van der Waals surface area (Å²) in [6, 6.07) is 6.31. The van der Waals surface area contributed by atoms with Crippen LogP contribution in [0.1, 0.15) is 5.56 Å². The molecule has 0 saturated carbocycles. The van der Waals surface area contributed by atoms with E-state index < -0.39 is 24.9 Å². The van der Waals surface area contributed by atoms with Crippen molar-refractivity contribution in [3.63, 3.8) is 0 Å². The van der Waals surface area contributed by atoms with E-state index in [4.69, 9.17) is 23.2 Å². The fraction of sp³-hybridized carbons (Fsp3) is 0.176. The Morgan fingerprint density at radius 2 is 1.96 bits per heavy atom. The van der Waals surface area contributed by atoms with Gasteiger partial charge >= 0.3 is 7.12 Å². The summed E-state index contributed by atoms with van der Waals surface area (Å²) in [5.41, 5.74) is 1.19. The van der Waals surface area contributed by atoms with Crippen molar-refractivity contribution in [3.8, 4) is 0 Å². The summed E-state index contributed by atoms with van der Waals surface area (Å²) in [6.45, 7) is 3.06. The van der Waals surface area contributed by atoms with Gasteiger partial charge in [0.25, 0.3) is 5.91 Å². The SMILES string of the molecule is C=CC(=O)N(CC(=O)NC(Cc1ccsc1)B(O)O)c1cc(Cl)cc(Cl)c1. The predicted octanol–water partition coefficient (Wildman–Crippen LogP) is 2.31. The Kier molecular flexibility index (Phi) is 7.88. The molecule has 1 aromatic carbocycles. The molecule has 1 heterocycles. The van der Waals surface area contributed by atoms with Gasteiger partial charge in [0.05, 0.1) is 5.94 Å². The molecule has 2 amide bonds. The number of rotatable bonds is 8. The fourth-order valence-corrected chi connectivity index (χ4v) is 3.59. The van der Waals surface area contributed by atoms with Crippen LogP contribution < -0.4 is 10.2 Å². The second-order valence-electron chi connectivity index (χ2n) is 5.68. The highest BCUT2D eigenvalue weighted by molar-refractivity contribution is 7.07. The van der Waals surface area contributed by atoms with Gasteiger partial charge in [0.2, 0.25) is 5.91 Å². The third kappa shape index (κ3) is 6.37. The van der Waals surface area contributed by atoms with Gasteiger partial charge in [0, 0.05) is 15.7 Å². The van der Waals surface area contributed by atoms with Gasteiger partial charge in [-0.05, 0) is 53.1 Å². The number of anilines is 1. The zero-order chi connectivity index (χ0) is 20.0. The van der Waals surface area contributed by atoms with Crippen LogP contribution in [0.3, 0.4) is 0 Å². The van der Waals surface area contributed by atoms with E-state index in [1.54, 1.807) is 0 Å². The van der Waals surface area contributed by atoms with Gasteiger partial charge in [-0.25, -0.2) is 0 Å². The molecule has 3 N–H and O–H groups in total. The van der Waals surface area contributed by atoms with Crippen molar-refractivity contribution < 1.29 is 19.6 Å². The van der Waals surface area contributed by atoms with E-state index in [0.717, 1.165) is 16.5 Å². The highest BCUT2D eigenvalue weighted by Gasteiger charge is 2.27. The summed E-state index contributed by atoms with van der Waals surface area (Å²) in [5, 5.41) is 26.0. The van der Waals surface area contributed by atoms with Crippen molar-refractivity contribution in [3.05, 3.63) is 63.3 Å². The minimum absolute atomic E-state index is 0.241. The summed E-state index contributed by atoms with van der Waals surface area (Å²) in [6.07, 6.45) is 1.30. The molecule has 1 aromatic heterocycles. The van der Waals surface area contributed by atoms with Gasteiger partial charge in [-0.15, -0.1) is 0 Å². The number of hydrogen-bond donors (Lipinski definition) is 3. The molecule has 1 atom stereocenters. The maximum Gasteiger partial charge on any atom is 0.475 e. The quantitative estimate of drug-likeness (QED) is 0.446. The summed E-state index contributed by atoms with van der Waals surface area (Å²) in [7, 11) is -1.75. The molecule has 2 rings (SSSR count). The van der Waals surface area contributed by atoms with Crippen LogP contribution in [0.2, 0.25) is 10.0 Å². The molecule has 10 heteroatoms. The molecule has 27 heavy (non-hydrogen) atoms. The molecule has 0 aliphatic carbocycles. The number of amides is 2. The van der Waals surface area contributed by atoms with Crippen LogP contribution >= 0.6 is 34.5 Å². The van der Waals surface area contributed by atoms with E-state index in [1.165, 1.54) is 29.5 Å². The molecule has 0 radical (unpaired) electrons. The number of nitrogens with one attached hydrogen (secondary N) is 1. The minimum atomic E-state index is -1.75. The van der Waals surface area contributed by atoms with Gasteiger partial charge in [-0.2, -0.15) is 11.3 Å². The molecule has 0 bridgehead atoms. The van der Waals surface area contributed by atoms with Crippen molar-refractivity contribution in [2.75, 3.05) is 11.4 Å². The zero-order valence-corrected chi connectivity index (χ0v) is 16.5. The second kappa shape index (κ2) is 9.91. The lowest BCUT2D eigenvalue weighted by Crippen LogP contribution is -2.51. The molecule has 0 aliphatic heterocycles. The fourth-order valence-electron chi connectivity index (χ4n) is 2.39. The maximum absolute atomic E-state index is 12.4. The molecule has 0 aliphatic rings. The molecule has 0 spiro atoms. The Hall–Kier alpha value is -1.84. The van der Waals surface area contributed by atoms with E-state index in [0.29, 0.717) is 15.7 Å². The van der Waals surface area contributed by atoms with E-state index in [9.17, 15) is 19.6 Å². The number of nitrogens with zero attached hydrogens (tertiary/aromatic N) is 1. The largest absolute Gasteiger partial charge is 0.475 e. The van der Waals surface area contributed by atoms with Crippen molar-refractivity contribution in [2.45, 2.75) is 12.4 Å². The summed E-state index contributed by atoms with van der Waals surface area (Å²) in [4.78, 5) is 25.8. The van der Waals surface area contributed by atoms with Crippen LogP contribution in [0.15, 0.2) is 47.7 Å². The van der Waals surface area contributed by atoms with Crippen LogP contribution in [-0.4, -0.2) is 41.5 Å². The molecule has 0 fully saturated rings. The van der Waals surface area contributed by atoms with Gasteiger partial charge in [0.15, 0.2) is 0 Å². The number of carbonyl (C=O) groups excluding carboxylic acids is 2. The van der Waals surface area contributed by atoms with E-state index in [-0.39, 0.29) is 13.0 Å². The maximum atomic E-state index is 12.4. The topological polar surface area (TPSA) is 89.9 Å². The summed E-state index contributed by atoms with van der Waals surface area (Å²) >= 11 is 13.4. The van der Waals surface area contributed by atoms with Crippen LogP contribution in [0.4, 0.5) is 5.69 Å². The molecular weight excluding hydrogens is 410 g/mol. The minimum Gasteiger partial charge on any atom is -0.426 e. The first kappa shape index (κ1) is 21.5. The summed E-state index contributed by atoms with van der Waals surface area (Å²) in [5.74, 6) is -2.02. The van der Waals surface area contributed by atoms with Crippen molar-refractivity contribution in [1.29, 1.82) is 0 Å². The standard InChI is InChI=1S/C17H17BCl2N2O4S/c1-2-17(24)22(14-7-12(19)6-13(20)8-14)9-16(23)21-15(18(25)26)5-11-3-4-27-10-11/h2-4,6-8,10,15,25-26H,1,5,9H2,(H,21,23). The smallest absolute Gasteiger partial charge is 0.426 e. The first-order valence-electron chi connectivity index (χ1n) is 7.86. The van der Waals surface area contributed by atoms with E-state index >= 15 is 0 Å². The van der Waals surface area contributed by atoms with Gasteiger partial charge in [-0.3, -0.25) is 14.5 Å². The first-order valence-corrected chi connectivity index (χ1v) is 9.56. The number of carbonyl (C=O) groups is 2. The molecule has 6 nitrogen and oxygen atoms in total.